The number of benzene rings is 1. The molecule has 1 aromatic carbocycles. The van der Waals surface area contributed by atoms with Crippen LogP contribution >= 0.6 is 0 Å². The molecule has 32 heavy (non-hydrogen) atoms. The van der Waals surface area contributed by atoms with Crippen molar-refractivity contribution >= 4 is 22.5 Å². The van der Waals surface area contributed by atoms with Gasteiger partial charge in [0.2, 0.25) is 0 Å². The number of aromatic nitrogens is 2. The van der Waals surface area contributed by atoms with E-state index >= 15 is 0 Å². The first-order valence-corrected chi connectivity index (χ1v) is 12.0. The van der Waals surface area contributed by atoms with Gasteiger partial charge < -0.3 is 9.88 Å². The minimum absolute atomic E-state index is 0.0849. The number of ketones is 1. The molecule has 5 rings (SSSR count). The van der Waals surface area contributed by atoms with Gasteiger partial charge in [-0.25, -0.2) is 4.98 Å². The Morgan fingerprint density at radius 1 is 1.16 bits per heavy atom. The molecular formula is C27H34N4O. The van der Waals surface area contributed by atoms with Gasteiger partial charge in [-0.15, -0.1) is 0 Å². The summed E-state index contributed by atoms with van der Waals surface area (Å²) in [5.74, 6) is 1.07. The summed E-state index contributed by atoms with van der Waals surface area (Å²) in [5.41, 5.74) is 5.58. The largest absolute Gasteiger partial charge is 0.357 e. The van der Waals surface area contributed by atoms with Crippen LogP contribution in [-0.4, -0.2) is 52.9 Å². The van der Waals surface area contributed by atoms with Crippen LogP contribution in [0.1, 0.15) is 73.3 Å². The molecule has 5 heteroatoms. The van der Waals surface area contributed by atoms with Gasteiger partial charge in [0.1, 0.15) is 5.82 Å². The molecule has 3 aromatic rings. The number of pyridine rings is 1. The lowest BCUT2D eigenvalue weighted by atomic mass is 9.72. The first-order valence-electron chi connectivity index (χ1n) is 12.0. The number of nitrogens with zero attached hydrogens (tertiary/aromatic N) is 3. The standard InChI is InChI=1S/C27H34N4O/c1-6-7-18(3)30-10-12-31(13-11-30)23-15-21-20(16-28-23)25(32)24-19-9-8-17(2)14-22(19)29-26(24)27(21,4)5/h8-9,14-16,18,29H,6-7,10-13H2,1-5H3. The maximum Gasteiger partial charge on any atom is 0.197 e. The quantitative estimate of drug-likeness (QED) is 0.629. The van der Waals surface area contributed by atoms with Crippen LogP contribution in [0, 0.1) is 6.92 Å². The zero-order valence-electron chi connectivity index (χ0n) is 20.0. The molecule has 1 aliphatic heterocycles. The summed E-state index contributed by atoms with van der Waals surface area (Å²) in [4.78, 5) is 26.9. The molecule has 2 aromatic heterocycles. The second-order valence-electron chi connectivity index (χ2n) is 10.1. The van der Waals surface area contributed by atoms with Crippen LogP contribution < -0.4 is 4.90 Å². The van der Waals surface area contributed by atoms with Crippen molar-refractivity contribution in [1.29, 1.82) is 0 Å². The van der Waals surface area contributed by atoms with E-state index in [4.69, 9.17) is 4.98 Å². The highest BCUT2D eigenvalue weighted by Crippen LogP contribution is 2.44. The molecule has 1 fully saturated rings. The van der Waals surface area contributed by atoms with Crippen LogP contribution in [-0.2, 0) is 5.41 Å². The molecule has 0 bridgehead atoms. The topological polar surface area (TPSA) is 52.2 Å². The molecule has 1 saturated heterocycles. The number of aryl methyl sites for hydroxylation is 1. The van der Waals surface area contributed by atoms with Crippen molar-refractivity contribution in [2.45, 2.75) is 58.9 Å². The van der Waals surface area contributed by atoms with E-state index in [9.17, 15) is 4.79 Å². The first-order chi connectivity index (χ1) is 15.3. The van der Waals surface area contributed by atoms with Crippen LogP contribution in [0.2, 0.25) is 0 Å². The Bertz CT molecular complexity index is 1180. The second kappa shape index (κ2) is 7.73. The number of carbonyl (C=O) groups is 1. The Labute approximate surface area is 190 Å². The summed E-state index contributed by atoms with van der Waals surface area (Å²) in [6.07, 6.45) is 4.29. The van der Waals surface area contributed by atoms with Crippen molar-refractivity contribution < 1.29 is 4.79 Å². The zero-order valence-corrected chi connectivity index (χ0v) is 20.0. The average molecular weight is 431 g/mol. The molecule has 1 N–H and O–H groups in total. The van der Waals surface area contributed by atoms with Crippen LogP contribution in [0.5, 0.6) is 0 Å². The van der Waals surface area contributed by atoms with E-state index < -0.39 is 0 Å². The molecule has 168 valence electrons. The summed E-state index contributed by atoms with van der Waals surface area (Å²) in [5, 5.41) is 1.01. The molecule has 3 heterocycles. The fraction of sp³-hybridized carbons (Fsp3) is 0.481. The molecular weight excluding hydrogens is 396 g/mol. The van der Waals surface area contributed by atoms with Gasteiger partial charge in [-0.2, -0.15) is 0 Å². The smallest absolute Gasteiger partial charge is 0.197 e. The van der Waals surface area contributed by atoms with Gasteiger partial charge in [0.05, 0.1) is 5.56 Å². The Balaban J connectivity index is 1.48. The minimum Gasteiger partial charge on any atom is -0.357 e. The molecule has 2 aliphatic rings. The molecule has 1 atom stereocenters. The lowest BCUT2D eigenvalue weighted by Crippen LogP contribution is -2.50. The number of anilines is 1. The van der Waals surface area contributed by atoms with Gasteiger partial charge >= 0.3 is 0 Å². The maximum atomic E-state index is 13.5. The number of fused-ring (bicyclic) bond motifs is 4. The third-order valence-electron chi connectivity index (χ3n) is 7.58. The summed E-state index contributed by atoms with van der Waals surface area (Å²) < 4.78 is 0. The van der Waals surface area contributed by atoms with Gasteiger partial charge in [0.25, 0.3) is 0 Å². The highest BCUT2D eigenvalue weighted by Gasteiger charge is 2.40. The number of rotatable bonds is 4. The Hall–Kier alpha value is -2.66. The molecule has 0 amide bonds. The lowest BCUT2D eigenvalue weighted by Gasteiger charge is -2.39. The van der Waals surface area contributed by atoms with Gasteiger partial charge in [-0.3, -0.25) is 9.69 Å². The fourth-order valence-electron chi connectivity index (χ4n) is 5.59. The van der Waals surface area contributed by atoms with Crippen molar-refractivity contribution in [2.24, 2.45) is 0 Å². The van der Waals surface area contributed by atoms with Gasteiger partial charge in [-0.05, 0) is 43.5 Å². The predicted molar refractivity (Wildman–Crippen MR) is 131 cm³/mol. The van der Waals surface area contributed by atoms with E-state index in [0.29, 0.717) is 6.04 Å². The second-order valence-corrected chi connectivity index (χ2v) is 10.1. The van der Waals surface area contributed by atoms with E-state index in [-0.39, 0.29) is 11.2 Å². The molecule has 0 radical (unpaired) electrons. The Morgan fingerprint density at radius 3 is 2.62 bits per heavy atom. The fourth-order valence-corrected chi connectivity index (χ4v) is 5.59. The van der Waals surface area contributed by atoms with E-state index in [1.807, 2.05) is 6.20 Å². The summed E-state index contributed by atoms with van der Waals surface area (Å²) in [6.45, 7) is 15.2. The summed E-state index contributed by atoms with van der Waals surface area (Å²) >= 11 is 0. The lowest BCUT2D eigenvalue weighted by molar-refractivity contribution is 0.103. The molecule has 0 spiro atoms. The molecule has 1 aliphatic carbocycles. The van der Waals surface area contributed by atoms with Crippen molar-refractivity contribution in [1.82, 2.24) is 14.9 Å². The maximum absolute atomic E-state index is 13.5. The van der Waals surface area contributed by atoms with E-state index in [1.54, 1.807) is 0 Å². The summed E-state index contributed by atoms with van der Waals surface area (Å²) in [6, 6.07) is 9.08. The normalized spacial score (nSPS) is 19.2. The van der Waals surface area contributed by atoms with E-state index in [1.165, 1.54) is 18.4 Å². The minimum atomic E-state index is -0.291. The number of aromatic amines is 1. The number of piperazine rings is 1. The number of hydrogen-bond acceptors (Lipinski definition) is 4. The van der Waals surface area contributed by atoms with E-state index in [2.05, 4.69) is 73.7 Å². The van der Waals surface area contributed by atoms with Crippen molar-refractivity contribution in [3.05, 3.63) is 58.4 Å². The van der Waals surface area contributed by atoms with Crippen LogP contribution in [0.3, 0.4) is 0 Å². The average Bonchev–Trinajstić information content (AvgIpc) is 3.17. The number of nitrogens with one attached hydrogen (secondary N) is 1. The van der Waals surface area contributed by atoms with Crippen molar-refractivity contribution in [3.63, 3.8) is 0 Å². The van der Waals surface area contributed by atoms with Crippen molar-refractivity contribution in [3.8, 4) is 0 Å². The zero-order chi connectivity index (χ0) is 22.6. The first kappa shape index (κ1) is 21.2. The summed E-state index contributed by atoms with van der Waals surface area (Å²) in [7, 11) is 0. The monoisotopic (exact) mass is 430 g/mol. The molecule has 5 nitrogen and oxygen atoms in total. The number of hydrogen-bond donors (Lipinski definition) is 1. The molecule has 0 saturated carbocycles. The molecule has 1 unspecified atom stereocenters. The van der Waals surface area contributed by atoms with Gasteiger partial charge in [0, 0.05) is 66.0 Å². The third-order valence-corrected chi connectivity index (χ3v) is 7.58. The predicted octanol–water partition coefficient (Wildman–Crippen LogP) is 5.05. The van der Waals surface area contributed by atoms with E-state index in [0.717, 1.165) is 65.3 Å². The van der Waals surface area contributed by atoms with Crippen LogP contribution in [0.25, 0.3) is 10.9 Å². The van der Waals surface area contributed by atoms with Gasteiger partial charge in [-0.1, -0.05) is 39.3 Å². The van der Waals surface area contributed by atoms with Crippen LogP contribution in [0.4, 0.5) is 5.82 Å². The third kappa shape index (κ3) is 3.25. The van der Waals surface area contributed by atoms with Crippen LogP contribution in [0.15, 0.2) is 30.5 Å². The number of H-pyrrole nitrogens is 1. The van der Waals surface area contributed by atoms with Gasteiger partial charge in [0.15, 0.2) is 5.78 Å². The highest BCUT2D eigenvalue weighted by atomic mass is 16.1. The highest BCUT2D eigenvalue weighted by molar-refractivity contribution is 6.20. The SMILES string of the molecule is CCCC(C)N1CCN(c2cc3c(cn2)C(=O)c2c([nH]c4cc(C)ccc24)C3(C)C)CC1. The van der Waals surface area contributed by atoms with Crippen molar-refractivity contribution in [2.75, 3.05) is 31.1 Å². The Kier molecular flexibility index (Phi) is 5.12. The Morgan fingerprint density at radius 2 is 1.91 bits per heavy atom. The number of carbonyl (C=O) groups excluding carboxylic acids is 1.